The van der Waals surface area contributed by atoms with Crippen molar-refractivity contribution in [2.75, 3.05) is 12.4 Å². The van der Waals surface area contributed by atoms with Crippen LogP contribution in [0.5, 0.6) is 5.75 Å². The normalized spacial score (nSPS) is 13.9. The van der Waals surface area contributed by atoms with E-state index in [-0.39, 0.29) is 23.7 Å². The van der Waals surface area contributed by atoms with Gasteiger partial charge in [0.05, 0.1) is 19.2 Å². The summed E-state index contributed by atoms with van der Waals surface area (Å²) in [5.41, 5.74) is 1.56. The van der Waals surface area contributed by atoms with E-state index in [0.717, 1.165) is 3.57 Å². The number of carbonyl (C=O) groups excluding carboxylic acids is 1. The number of nitrogens with zero attached hydrogens (tertiary/aromatic N) is 1. The van der Waals surface area contributed by atoms with Crippen LogP contribution in [0.3, 0.4) is 0 Å². The highest BCUT2D eigenvalue weighted by atomic mass is 127. The molecular weight excluding hydrogens is 468 g/mol. The minimum absolute atomic E-state index is 0.0736. The van der Waals surface area contributed by atoms with Gasteiger partial charge >= 0.3 is 7.47 Å². The van der Waals surface area contributed by atoms with Crippen molar-refractivity contribution in [1.82, 2.24) is 0 Å². The van der Waals surface area contributed by atoms with Crippen LogP contribution in [0.15, 0.2) is 53.0 Å². The first-order valence-electron chi connectivity index (χ1n) is 7.92. The Kier molecular flexibility index (Phi) is 6.10. The highest BCUT2D eigenvalue weighted by molar-refractivity contribution is 14.1. The summed E-state index contributed by atoms with van der Waals surface area (Å²) < 4.78 is 37.0. The minimum atomic E-state index is -3.03. The van der Waals surface area contributed by atoms with E-state index in [9.17, 15) is 13.4 Å². The number of hydrogen-bond donors (Lipinski definition) is 1. The van der Waals surface area contributed by atoms with Crippen LogP contribution in [-0.4, -0.2) is 26.7 Å². The molecule has 0 saturated carbocycles. The molecule has 0 bridgehead atoms. The van der Waals surface area contributed by atoms with Crippen LogP contribution in [-0.2, 0) is 9.45 Å². The Balaban J connectivity index is 2.12. The third-order valence-electron chi connectivity index (χ3n) is 3.79. The average molecular weight is 482 g/mol. The van der Waals surface area contributed by atoms with Crippen molar-refractivity contribution < 1.29 is 22.8 Å². The minimum Gasteiger partial charge on any atom is -0.504 e. The molecular formula is C18H14BF2IN2O3. The molecule has 9 heteroatoms. The topological polar surface area (TPSA) is 59.9 Å². The Hall–Kier alpha value is -2.43. The number of rotatable bonds is 5. The van der Waals surface area contributed by atoms with Crippen LogP contribution in [0.4, 0.5) is 20.0 Å². The molecule has 3 rings (SSSR count). The fourth-order valence-electron chi connectivity index (χ4n) is 2.65. The highest BCUT2D eigenvalue weighted by Gasteiger charge is 2.28. The Bertz CT molecular complexity index is 935. The summed E-state index contributed by atoms with van der Waals surface area (Å²) in [6, 6.07) is 12.1. The van der Waals surface area contributed by atoms with Crippen LogP contribution >= 0.6 is 22.6 Å². The quantitative estimate of drug-likeness (QED) is 0.382. The van der Waals surface area contributed by atoms with E-state index >= 15 is 0 Å². The Morgan fingerprint density at radius 2 is 2.04 bits per heavy atom. The molecule has 0 aromatic heterocycles. The van der Waals surface area contributed by atoms with Gasteiger partial charge in [-0.1, -0.05) is 12.1 Å². The van der Waals surface area contributed by atoms with Gasteiger partial charge in [0.15, 0.2) is 0 Å². The third-order valence-corrected chi connectivity index (χ3v) is 4.47. The lowest BCUT2D eigenvalue weighted by atomic mass is 10.1. The smallest absolute Gasteiger partial charge is 0.504 e. The molecule has 0 atom stereocenters. The van der Waals surface area contributed by atoms with Gasteiger partial charge in [-0.2, -0.15) is 0 Å². The average Bonchev–Trinajstić information content (AvgIpc) is 2.76. The standard InChI is InChI=1S/C18H14BF2IN2O3/c1-26-16-5-3-2-4-15(16)23-10-11-8-17(25)24-14-7-6-12(22)9-13(14)18(11)27-19(20)21/h2-7,9-10H,8H2,1H3,(H,24,25). The van der Waals surface area contributed by atoms with Crippen LogP contribution in [0, 0.1) is 3.57 Å². The number of methoxy groups -OCH3 is 1. The predicted octanol–water partition coefficient (Wildman–Crippen LogP) is 4.70. The molecule has 2 aromatic rings. The summed E-state index contributed by atoms with van der Waals surface area (Å²) in [6.07, 6.45) is 1.22. The first-order chi connectivity index (χ1) is 13.0. The number of ether oxygens (including phenoxy) is 1. The molecule has 0 fully saturated rings. The van der Waals surface area contributed by atoms with Crippen molar-refractivity contribution in [2.24, 2.45) is 4.99 Å². The van der Waals surface area contributed by atoms with Gasteiger partial charge in [-0.25, -0.2) is 8.63 Å². The number of anilines is 1. The van der Waals surface area contributed by atoms with Gasteiger partial charge in [-0.3, -0.25) is 9.79 Å². The number of para-hydroxylation sites is 2. The molecule has 1 heterocycles. The fourth-order valence-corrected chi connectivity index (χ4v) is 3.14. The largest absolute Gasteiger partial charge is 0.796 e. The molecule has 0 spiro atoms. The van der Waals surface area contributed by atoms with Gasteiger partial charge in [0, 0.05) is 20.9 Å². The van der Waals surface area contributed by atoms with E-state index in [0.29, 0.717) is 22.7 Å². The van der Waals surface area contributed by atoms with E-state index in [1.807, 2.05) is 0 Å². The number of nitrogens with one attached hydrogen (secondary N) is 1. The lowest BCUT2D eigenvalue weighted by Crippen LogP contribution is -2.11. The molecule has 5 nitrogen and oxygen atoms in total. The summed E-state index contributed by atoms with van der Waals surface area (Å²) in [5, 5.41) is 2.71. The zero-order valence-corrected chi connectivity index (χ0v) is 16.4. The molecule has 1 N–H and O–H groups in total. The number of benzene rings is 2. The number of amides is 1. The van der Waals surface area contributed by atoms with Gasteiger partial charge in [0.25, 0.3) is 0 Å². The molecule has 27 heavy (non-hydrogen) atoms. The molecule has 138 valence electrons. The first kappa shape index (κ1) is 19.3. The highest BCUT2D eigenvalue weighted by Crippen LogP contribution is 2.34. The van der Waals surface area contributed by atoms with Crippen molar-refractivity contribution in [3.8, 4) is 5.75 Å². The third kappa shape index (κ3) is 4.65. The van der Waals surface area contributed by atoms with Gasteiger partial charge in [-0.05, 0) is 52.9 Å². The number of aliphatic imine (C=N–C) groups is 1. The van der Waals surface area contributed by atoms with Crippen molar-refractivity contribution in [1.29, 1.82) is 0 Å². The molecule has 0 unspecified atom stereocenters. The number of hydrogen-bond acceptors (Lipinski definition) is 4. The van der Waals surface area contributed by atoms with Crippen LogP contribution in [0.1, 0.15) is 12.0 Å². The Morgan fingerprint density at radius 3 is 2.78 bits per heavy atom. The van der Waals surface area contributed by atoms with Crippen LogP contribution < -0.4 is 10.1 Å². The summed E-state index contributed by atoms with van der Waals surface area (Å²) >= 11 is 2.07. The van der Waals surface area contributed by atoms with Crippen molar-refractivity contribution in [2.45, 2.75) is 6.42 Å². The lowest BCUT2D eigenvalue weighted by Gasteiger charge is -2.13. The molecule has 0 radical (unpaired) electrons. The van der Waals surface area contributed by atoms with Crippen molar-refractivity contribution in [3.05, 3.63) is 57.2 Å². The number of halogens is 3. The molecule has 0 saturated heterocycles. The van der Waals surface area contributed by atoms with E-state index in [1.54, 1.807) is 42.5 Å². The second-order valence-corrected chi connectivity index (χ2v) is 6.82. The first-order valence-corrected chi connectivity index (χ1v) is 9.00. The zero-order valence-electron chi connectivity index (χ0n) is 14.2. The summed E-state index contributed by atoms with van der Waals surface area (Å²) in [4.78, 5) is 16.5. The Labute approximate surface area is 168 Å². The lowest BCUT2D eigenvalue weighted by molar-refractivity contribution is -0.115. The van der Waals surface area contributed by atoms with E-state index in [4.69, 9.17) is 9.39 Å². The molecule has 2 aromatic carbocycles. The summed E-state index contributed by atoms with van der Waals surface area (Å²) in [5.74, 6) is 0.112. The van der Waals surface area contributed by atoms with Gasteiger partial charge < -0.3 is 14.7 Å². The summed E-state index contributed by atoms with van der Waals surface area (Å²) in [7, 11) is -1.52. The van der Waals surface area contributed by atoms with Crippen molar-refractivity contribution in [3.63, 3.8) is 0 Å². The Morgan fingerprint density at radius 1 is 1.26 bits per heavy atom. The molecule has 0 aliphatic carbocycles. The fraction of sp³-hybridized carbons (Fsp3) is 0.111. The van der Waals surface area contributed by atoms with Crippen molar-refractivity contribution >= 4 is 59.3 Å². The number of carbonyl (C=O) groups is 1. The van der Waals surface area contributed by atoms with Gasteiger partial charge in [0.1, 0.15) is 17.2 Å². The van der Waals surface area contributed by atoms with Gasteiger partial charge in [-0.15, -0.1) is 0 Å². The van der Waals surface area contributed by atoms with Gasteiger partial charge in [0.2, 0.25) is 5.91 Å². The predicted molar refractivity (Wildman–Crippen MR) is 110 cm³/mol. The van der Waals surface area contributed by atoms with E-state index < -0.39 is 7.47 Å². The SMILES string of the molecule is COc1ccccc1N=CC1=C(OB(F)F)c2cc(I)ccc2NC(=O)C1. The maximum absolute atomic E-state index is 13.1. The number of fused-ring (bicyclic) bond motifs is 1. The maximum Gasteiger partial charge on any atom is 0.796 e. The second-order valence-electron chi connectivity index (χ2n) is 5.58. The maximum atomic E-state index is 13.1. The van der Waals surface area contributed by atoms with Crippen LogP contribution in [0.2, 0.25) is 0 Å². The van der Waals surface area contributed by atoms with Crippen LogP contribution in [0.25, 0.3) is 5.76 Å². The monoisotopic (exact) mass is 482 g/mol. The van der Waals surface area contributed by atoms with E-state index in [1.165, 1.54) is 13.3 Å². The van der Waals surface area contributed by atoms with E-state index in [2.05, 4.69) is 32.9 Å². The zero-order chi connectivity index (χ0) is 19.4. The molecule has 1 aliphatic rings. The molecule has 1 amide bonds. The second kappa shape index (κ2) is 8.51. The summed E-state index contributed by atoms with van der Waals surface area (Å²) in [6.45, 7) is 0. The molecule has 1 aliphatic heterocycles.